The van der Waals surface area contributed by atoms with Crippen LogP contribution in [-0.4, -0.2) is 18.5 Å². The molecule has 1 aromatic rings. The summed E-state index contributed by atoms with van der Waals surface area (Å²) in [5.41, 5.74) is 0. The Hall–Kier alpha value is -0.730. The quantitative estimate of drug-likeness (QED) is 0.495. The SMILES string of the molecule is C=CCC(CCSc1ccccc1)OCC. The lowest BCUT2D eigenvalue weighted by Gasteiger charge is -2.14. The molecule has 2 heteroatoms. The van der Waals surface area contributed by atoms with E-state index in [9.17, 15) is 0 Å². The molecule has 0 saturated heterocycles. The van der Waals surface area contributed by atoms with Gasteiger partial charge in [0.25, 0.3) is 0 Å². The highest BCUT2D eigenvalue weighted by atomic mass is 32.2. The first-order valence-electron chi connectivity index (χ1n) is 5.77. The Balaban J connectivity index is 2.24. The van der Waals surface area contributed by atoms with E-state index in [4.69, 9.17) is 4.74 Å². The van der Waals surface area contributed by atoms with Gasteiger partial charge in [0.2, 0.25) is 0 Å². The van der Waals surface area contributed by atoms with E-state index in [1.165, 1.54) is 4.90 Å². The van der Waals surface area contributed by atoms with Crippen LogP contribution in [0.15, 0.2) is 47.9 Å². The Morgan fingerprint density at radius 2 is 2.12 bits per heavy atom. The van der Waals surface area contributed by atoms with Crippen molar-refractivity contribution < 1.29 is 4.74 Å². The molecule has 16 heavy (non-hydrogen) atoms. The topological polar surface area (TPSA) is 9.23 Å². The predicted molar refractivity (Wildman–Crippen MR) is 72.0 cm³/mol. The Labute approximate surface area is 103 Å². The normalized spacial score (nSPS) is 12.3. The number of benzene rings is 1. The summed E-state index contributed by atoms with van der Waals surface area (Å²) in [7, 11) is 0. The van der Waals surface area contributed by atoms with Gasteiger partial charge in [-0.2, -0.15) is 0 Å². The lowest BCUT2D eigenvalue weighted by atomic mass is 10.2. The van der Waals surface area contributed by atoms with E-state index in [-0.39, 0.29) is 0 Å². The maximum atomic E-state index is 5.64. The molecule has 1 unspecified atom stereocenters. The summed E-state index contributed by atoms with van der Waals surface area (Å²) in [5, 5.41) is 0. The van der Waals surface area contributed by atoms with Gasteiger partial charge in [-0.3, -0.25) is 0 Å². The van der Waals surface area contributed by atoms with Crippen LogP contribution in [0.4, 0.5) is 0 Å². The van der Waals surface area contributed by atoms with Gasteiger partial charge < -0.3 is 4.74 Å². The zero-order chi connectivity index (χ0) is 11.6. The summed E-state index contributed by atoms with van der Waals surface area (Å²) < 4.78 is 5.64. The van der Waals surface area contributed by atoms with Crippen LogP contribution < -0.4 is 0 Å². The Morgan fingerprint density at radius 1 is 1.38 bits per heavy atom. The Morgan fingerprint density at radius 3 is 2.75 bits per heavy atom. The molecule has 0 N–H and O–H groups in total. The summed E-state index contributed by atoms with van der Waals surface area (Å²) in [4.78, 5) is 1.33. The van der Waals surface area contributed by atoms with Crippen LogP contribution in [0.5, 0.6) is 0 Å². The van der Waals surface area contributed by atoms with E-state index in [1.807, 2.05) is 30.8 Å². The van der Waals surface area contributed by atoms with E-state index >= 15 is 0 Å². The second-order valence-electron chi connectivity index (χ2n) is 3.55. The highest BCUT2D eigenvalue weighted by molar-refractivity contribution is 7.99. The van der Waals surface area contributed by atoms with Gasteiger partial charge in [-0.05, 0) is 31.9 Å². The van der Waals surface area contributed by atoms with Crippen molar-refractivity contribution in [2.24, 2.45) is 0 Å². The van der Waals surface area contributed by atoms with Crippen LogP contribution in [0.25, 0.3) is 0 Å². The van der Waals surface area contributed by atoms with Crippen LogP contribution in [-0.2, 0) is 4.74 Å². The first-order valence-corrected chi connectivity index (χ1v) is 6.75. The van der Waals surface area contributed by atoms with Crippen molar-refractivity contribution >= 4 is 11.8 Å². The average Bonchev–Trinajstić information content (AvgIpc) is 2.31. The molecule has 0 radical (unpaired) electrons. The van der Waals surface area contributed by atoms with E-state index < -0.39 is 0 Å². The molecule has 0 amide bonds. The second-order valence-corrected chi connectivity index (χ2v) is 4.72. The number of hydrogen-bond donors (Lipinski definition) is 0. The lowest BCUT2D eigenvalue weighted by Crippen LogP contribution is -2.12. The largest absolute Gasteiger partial charge is 0.378 e. The second kappa shape index (κ2) is 8.43. The number of ether oxygens (including phenoxy) is 1. The van der Waals surface area contributed by atoms with Gasteiger partial charge in [-0.25, -0.2) is 0 Å². The summed E-state index contributed by atoms with van der Waals surface area (Å²) in [6.45, 7) is 6.59. The number of rotatable bonds is 8. The first kappa shape index (κ1) is 13.3. The highest BCUT2D eigenvalue weighted by Crippen LogP contribution is 2.19. The fourth-order valence-electron chi connectivity index (χ4n) is 1.52. The monoisotopic (exact) mass is 236 g/mol. The molecule has 1 atom stereocenters. The summed E-state index contributed by atoms with van der Waals surface area (Å²) >= 11 is 1.89. The highest BCUT2D eigenvalue weighted by Gasteiger charge is 2.06. The van der Waals surface area contributed by atoms with E-state index in [1.54, 1.807) is 0 Å². The lowest BCUT2D eigenvalue weighted by molar-refractivity contribution is 0.0634. The van der Waals surface area contributed by atoms with E-state index in [0.717, 1.165) is 25.2 Å². The maximum absolute atomic E-state index is 5.64. The zero-order valence-electron chi connectivity index (χ0n) is 9.89. The van der Waals surface area contributed by atoms with Crippen LogP contribution >= 0.6 is 11.8 Å². The third-order valence-corrected chi connectivity index (χ3v) is 3.33. The summed E-state index contributed by atoms with van der Waals surface area (Å²) in [6.07, 6.45) is 4.30. The molecule has 0 aliphatic rings. The minimum Gasteiger partial charge on any atom is -0.378 e. The predicted octanol–water partition coefficient (Wildman–Crippen LogP) is 4.15. The van der Waals surface area contributed by atoms with Gasteiger partial charge in [-0.1, -0.05) is 24.3 Å². The number of hydrogen-bond acceptors (Lipinski definition) is 2. The Bertz CT molecular complexity index is 284. The minimum absolute atomic E-state index is 0.332. The Kier molecular flexibility index (Phi) is 7.02. The standard InChI is InChI=1S/C14H20OS/c1-3-8-13(15-4-2)11-12-16-14-9-6-5-7-10-14/h3,5-7,9-10,13H,1,4,8,11-12H2,2H3. The minimum atomic E-state index is 0.332. The van der Waals surface area contributed by atoms with E-state index in [2.05, 4.69) is 30.8 Å². The molecule has 0 saturated carbocycles. The molecule has 0 aromatic heterocycles. The molecular weight excluding hydrogens is 216 g/mol. The van der Waals surface area contributed by atoms with Crippen molar-refractivity contribution in [2.45, 2.75) is 30.8 Å². The molecular formula is C14H20OS. The zero-order valence-corrected chi connectivity index (χ0v) is 10.7. The molecule has 0 bridgehead atoms. The third kappa shape index (κ3) is 5.38. The van der Waals surface area contributed by atoms with Gasteiger partial charge in [0.1, 0.15) is 0 Å². The van der Waals surface area contributed by atoms with Gasteiger partial charge in [-0.15, -0.1) is 18.3 Å². The molecule has 0 aliphatic heterocycles. The number of thioether (sulfide) groups is 1. The molecule has 88 valence electrons. The van der Waals surface area contributed by atoms with Crippen LogP contribution in [0, 0.1) is 0 Å². The van der Waals surface area contributed by atoms with Crippen LogP contribution in [0.2, 0.25) is 0 Å². The summed E-state index contributed by atoms with van der Waals surface area (Å²) in [5.74, 6) is 1.10. The van der Waals surface area contributed by atoms with Crippen molar-refractivity contribution in [3.05, 3.63) is 43.0 Å². The van der Waals surface area contributed by atoms with Gasteiger partial charge >= 0.3 is 0 Å². The molecule has 0 aliphatic carbocycles. The van der Waals surface area contributed by atoms with Crippen molar-refractivity contribution in [3.63, 3.8) is 0 Å². The van der Waals surface area contributed by atoms with Crippen molar-refractivity contribution in [3.8, 4) is 0 Å². The third-order valence-electron chi connectivity index (χ3n) is 2.28. The van der Waals surface area contributed by atoms with Crippen LogP contribution in [0.3, 0.4) is 0 Å². The first-order chi connectivity index (χ1) is 7.86. The molecule has 0 heterocycles. The van der Waals surface area contributed by atoms with Gasteiger partial charge in [0.05, 0.1) is 6.10 Å². The summed E-state index contributed by atoms with van der Waals surface area (Å²) in [6, 6.07) is 10.5. The smallest absolute Gasteiger partial charge is 0.0617 e. The van der Waals surface area contributed by atoms with Crippen molar-refractivity contribution in [1.29, 1.82) is 0 Å². The maximum Gasteiger partial charge on any atom is 0.0617 e. The van der Waals surface area contributed by atoms with Crippen molar-refractivity contribution in [2.75, 3.05) is 12.4 Å². The van der Waals surface area contributed by atoms with Gasteiger partial charge in [0.15, 0.2) is 0 Å². The fraction of sp³-hybridized carbons (Fsp3) is 0.429. The molecule has 0 fully saturated rings. The van der Waals surface area contributed by atoms with Crippen molar-refractivity contribution in [1.82, 2.24) is 0 Å². The van der Waals surface area contributed by atoms with E-state index in [0.29, 0.717) is 6.10 Å². The van der Waals surface area contributed by atoms with Gasteiger partial charge in [0, 0.05) is 17.3 Å². The average molecular weight is 236 g/mol. The molecule has 1 nitrogen and oxygen atoms in total. The van der Waals surface area contributed by atoms with Crippen LogP contribution in [0.1, 0.15) is 19.8 Å². The molecule has 1 aromatic carbocycles. The molecule has 0 spiro atoms. The fourth-order valence-corrected chi connectivity index (χ4v) is 2.48. The molecule has 1 rings (SSSR count).